The highest BCUT2D eigenvalue weighted by molar-refractivity contribution is 6.07. The highest BCUT2D eigenvalue weighted by Gasteiger charge is 2.12. The minimum absolute atomic E-state index is 0.0286. The van der Waals surface area contributed by atoms with Gasteiger partial charge in [0.2, 0.25) is 5.91 Å². The van der Waals surface area contributed by atoms with Crippen LogP contribution < -0.4 is 10.6 Å². The third kappa shape index (κ3) is 5.31. The van der Waals surface area contributed by atoms with Crippen molar-refractivity contribution in [3.63, 3.8) is 0 Å². The first-order chi connectivity index (χ1) is 11.9. The largest absolute Gasteiger partial charge is 0.350 e. The summed E-state index contributed by atoms with van der Waals surface area (Å²) in [7, 11) is 0. The van der Waals surface area contributed by atoms with Gasteiger partial charge in [-0.2, -0.15) is 0 Å². The van der Waals surface area contributed by atoms with Crippen molar-refractivity contribution in [2.75, 3.05) is 5.32 Å². The summed E-state index contributed by atoms with van der Waals surface area (Å²) in [5.74, 6) is -0.480. The minimum atomic E-state index is -0.275. The number of anilines is 1. The van der Waals surface area contributed by atoms with E-state index in [-0.39, 0.29) is 17.9 Å². The minimum Gasteiger partial charge on any atom is -0.350 e. The van der Waals surface area contributed by atoms with Gasteiger partial charge in [-0.3, -0.25) is 9.59 Å². The van der Waals surface area contributed by atoms with E-state index in [1.807, 2.05) is 39.0 Å². The van der Waals surface area contributed by atoms with Crippen LogP contribution in [0.15, 0.2) is 48.5 Å². The van der Waals surface area contributed by atoms with E-state index in [0.717, 1.165) is 5.56 Å². The molecule has 0 aliphatic carbocycles. The normalized spacial score (nSPS) is 10.9. The molecule has 0 bridgehead atoms. The van der Waals surface area contributed by atoms with Gasteiger partial charge < -0.3 is 10.6 Å². The summed E-state index contributed by atoms with van der Waals surface area (Å²) in [6, 6.07) is 13.0. The van der Waals surface area contributed by atoms with Crippen LogP contribution >= 0.6 is 0 Å². The van der Waals surface area contributed by atoms with Crippen molar-refractivity contribution in [2.45, 2.75) is 33.7 Å². The highest BCUT2D eigenvalue weighted by atomic mass is 16.2. The summed E-state index contributed by atoms with van der Waals surface area (Å²) in [6.07, 6.45) is 3.24. The predicted molar refractivity (Wildman–Crippen MR) is 103 cm³/mol. The first-order valence-electron chi connectivity index (χ1n) is 8.33. The Balaban J connectivity index is 2.11. The Morgan fingerprint density at radius 3 is 2.40 bits per heavy atom. The average molecular weight is 336 g/mol. The van der Waals surface area contributed by atoms with Crippen LogP contribution in [0.4, 0.5) is 5.69 Å². The van der Waals surface area contributed by atoms with E-state index in [4.69, 9.17) is 0 Å². The summed E-state index contributed by atoms with van der Waals surface area (Å²) >= 11 is 0. The third-order valence-electron chi connectivity index (χ3n) is 3.81. The van der Waals surface area contributed by atoms with E-state index < -0.39 is 0 Å². The number of aryl methyl sites for hydroxylation is 2. The number of rotatable bonds is 5. The van der Waals surface area contributed by atoms with Crippen molar-refractivity contribution in [3.05, 3.63) is 70.8 Å². The summed E-state index contributed by atoms with van der Waals surface area (Å²) in [4.78, 5) is 24.4. The Bertz CT molecular complexity index is 807. The molecule has 2 N–H and O–H groups in total. The monoisotopic (exact) mass is 336 g/mol. The van der Waals surface area contributed by atoms with E-state index in [1.54, 1.807) is 30.3 Å². The fourth-order valence-corrected chi connectivity index (χ4v) is 2.34. The van der Waals surface area contributed by atoms with Gasteiger partial charge in [0.1, 0.15) is 0 Å². The molecule has 0 fully saturated rings. The number of para-hydroxylation sites is 1. The third-order valence-corrected chi connectivity index (χ3v) is 3.81. The highest BCUT2D eigenvalue weighted by Crippen LogP contribution is 2.16. The quantitative estimate of drug-likeness (QED) is 0.808. The maximum atomic E-state index is 12.2. The number of hydrogen-bond donors (Lipinski definition) is 2. The molecular formula is C21H24N2O2. The van der Waals surface area contributed by atoms with Crippen LogP contribution in [-0.4, -0.2) is 17.9 Å². The second-order valence-corrected chi connectivity index (χ2v) is 6.34. The average Bonchev–Trinajstić information content (AvgIpc) is 2.56. The molecule has 130 valence electrons. The SMILES string of the molecule is Cc1ccc(/C=C/C(=O)Nc2ccccc2C(=O)NC(C)C)cc1C. The number of amides is 2. The topological polar surface area (TPSA) is 58.2 Å². The fraction of sp³-hybridized carbons (Fsp3) is 0.238. The second kappa shape index (κ2) is 8.29. The molecule has 0 radical (unpaired) electrons. The van der Waals surface area contributed by atoms with Crippen molar-refractivity contribution in [1.82, 2.24) is 5.32 Å². The fourth-order valence-electron chi connectivity index (χ4n) is 2.34. The lowest BCUT2D eigenvalue weighted by Gasteiger charge is -2.12. The molecule has 0 saturated heterocycles. The molecule has 2 aromatic carbocycles. The molecule has 0 aliphatic rings. The first-order valence-corrected chi connectivity index (χ1v) is 8.33. The van der Waals surface area contributed by atoms with Crippen LogP contribution in [0.5, 0.6) is 0 Å². The summed E-state index contributed by atoms with van der Waals surface area (Å²) in [5.41, 5.74) is 4.30. The van der Waals surface area contributed by atoms with E-state index in [1.165, 1.54) is 17.2 Å². The van der Waals surface area contributed by atoms with Crippen LogP contribution in [-0.2, 0) is 4.79 Å². The van der Waals surface area contributed by atoms with Gasteiger partial charge >= 0.3 is 0 Å². The van der Waals surface area contributed by atoms with Crippen LogP contribution in [0.3, 0.4) is 0 Å². The molecule has 0 aromatic heterocycles. The van der Waals surface area contributed by atoms with Crippen molar-refractivity contribution in [3.8, 4) is 0 Å². The van der Waals surface area contributed by atoms with Crippen LogP contribution in [0.1, 0.15) is 40.9 Å². The van der Waals surface area contributed by atoms with Crippen molar-refractivity contribution >= 4 is 23.6 Å². The van der Waals surface area contributed by atoms with Gasteiger partial charge in [-0.1, -0.05) is 30.3 Å². The standard InChI is InChI=1S/C21H24N2O2/c1-14(2)22-21(25)18-7-5-6-8-19(18)23-20(24)12-11-17-10-9-15(3)16(4)13-17/h5-14H,1-4H3,(H,22,25)(H,23,24)/b12-11+. The summed E-state index contributed by atoms with van der Waals surface area (Å²) in [5, 5.41) is 5.61. The number of carbonyl (C=O) groups excluding carboxylic acids is 2. The van der Waals surface area contributed by atoms with Crippen LogP contribution in [0.2, 0.25) is 0 Å². The summed E-state index contributed by atoms with van der Waals surface area (Å²) in [6.45, 7) is 7.88. The Morgan fingerprint density at radius 1 is 1.00 bits per heavy atom. The van der Waals surface area contributed by atoms with Gasteiger partial charge in [0.25, 0.3) is 5.91 Å². The van der Waals surface area contributed by atoms with E-state index in [2.05, 4.69) is 17.6 Å². The molecule has 4 nitrogen and oxygen atoms in total. The van der Waals surface area contributed by atoms with E-state index >= 15 is 0 Å². The Morgan fingerprint density at radius 2 is 1.72 bits per heavy atom. The maximum Gasteiger partial charge on any atom is 0.253 e. The predicted octanol–water partition coefficient (Wildman–Crippen LogP) is 4.09. The lowest BCUT2D eigenvalue weighted by atomic mass is 10.1. The molecule has 0 atom stereocenters. The van der Waals surface area contributed by atoms with E-state index in [9.17, 15) is 9.59 Å². The van der Waals surface area contributed by atoms with Gasteiger partial charge in [-0.25, -0.2) is 0 Å². The zero-order chi connectivity index (χ0) is 18.4. The number of carbonyl (C=O) groups is 2. The first kappa shape index (κ1) is 18.5. The molecule has 0 saturated carbocycles. The number of benzene rings is 2. The van der Waals surface area contributed by atoms with Crippen molar-refractivity contribution in [1.29, 1.82) is 0 Å². The summed E-state index contributed by atoms with van der Waals surface area (Å²) < 4.78 is 0. The molecule has 0 spiro atoms. The Labute approximate surface area is 149 Å². The molecule has 2 amide bonds. The maximum absolute atomic E-state index is 12.2. The van der Waals surface area contributed by atoms with Gasteiger partial charge in [0.15, 0.2) is 0 Å². The zero-order valence-electron chi connectivity index (χ0n) is 15.1. The number of hydrogen-bond acceptors (Lipinski definition) is 2. The molecule has 0 unspecified atom stereocenters. The van der Waals surface area contributed by atoms with Crippen molar-refractivity contribution < 1.29 is 9.59 Å². The second-order valence-electron chi connectivity index (χ2n) is 6.34. The lowest BCUT2D eigenvalue weighted by molar-refractivity contribution is -0.111. The molecule has 0 heterocycles. The van der Waals surface area contributed by atoms with Gasteiger partial charge in [-0.05, 0) is 62.6 Å². The number of nitrogens with one attached hydrogen (secondary N) is 2. The lowest BCUT2D eigenvalue weighted by Crippen LogP contribution is -2.30. The zero-order valence-corrected chi connectivity index (χ0v) is 15.1. The molecule has 2 aromatic rings. The Kier molecular flexibility index (Phi) is 6.12. The smallest absolute Gasteiger partial charge is 0.253 e. The Hall–Kier alpha value is -2.88. The molecule has 0 aliphatic heterocycles. The molecular weight excluding hydrogens is 312 g/mol. The van der Waals surface area contributed by atoms with E-state index in [0.29, 0.717) is 11.3 Å². The van der Waals surface area contributed by atoms with Crippen LogP contribution in [0, 0.1) is 13.8 Å². The van der Waals surface area contributed by atoms with Gasteiger partial charge in [0.05, 0.1) is 11.3 Å². The molecule has 2 rings (SSSR count). The molecule has 25 heavy (non-hydrogen) atoms. The molecule has 4 heteroatoms. The van der Waals surface area contributed by atoms with Gasteiger partial charge in [-0.15, -0.1) is 0 Å². The van der Waals surface area contributed by atoms with Gasteiger partial charge in [0, 0.05) is 12.1 Å². The van der Waals surface area contributed by atoms with Crippen LogP contribution in [0.25, 0.3) is 6.08 Å². The van der Waals surface area contributed by atoms with Crippen molar-refractivity contribution in [2.24, 2.45) is 0 Å².